The van der Waals surface area contributed by atoms with Gasteiger partial charge in [-0.15, -0.1) is 0 Å². The largest absolute Gasteiger partial charge is 0.368 e. The average molecular weight is 380 g/mol. The number of ether oxygens (including phenoxy) is 1. The van der Waals surface area contributed by atoms with Crippen LogP contribution in [0.3, 0.4) is 0 Å². The van der Waals surface area contributed by atoms with Gasteiger partial charge in [0.05, 0.1) is 11.9 Å². The fourth-order valence-corrected chi connectivity index (χ4v) is 3.92. The zero-order valence-electron chi connectivity index (χ0n) is 16.6. The quantitative estimate of drug-likeness (QED) is 0.883. The van der Waals surface area contributed by atoms with Crippen molar-refractivity contribution in [2.45, 2.75) is 32.8 Å². The normalized spacial score (nSPS) is 19.7. The second kappa shape index (κ2) is 8.19. The van der Waals surface area contributed by atoms with E-state index in [4.69, 9.17) is 4.74 Å². The summed E-state index contributed by atoms with van der Waals surface area (Å²) in [6.07, 6.45) is 3.24. The van der Waals surface area contributed by atoms with Gasteiger partial charge in [-0.25, -0.2) is 4.98 Å². The molecule has 1 N–H and O–H groups in total. The molecule has 1 aromatic carbocycles. The summed E-state index contributed by atoms with van der Waals surface area (Å²) in [5.74, 6) is 0.484. The molecule has 148 valence electrons. The van der Waals surface area contributed by atoms with E-state index in [0.717, 1.165) is 44.7 Å². The fraction of sp³-hybridized carbons (Fsp3) is 0.455. The third-order valence-electron chi connectivity index (χ3n) is 5.78. The van der Waals surface area contributed by atoms with Crippen molar-refractivity contribution in [1.82, 2.24) is 4.98 Å². The lowest BCUT2D eigenvalue weighted by Crippen LogP contribution is -2.46. The van der Waals surface area contributed by atoms with Crippen molar-refractivity contribution in [1.29, 1.82) is 0 Å². The smallest absolute Gasteiger partial charge is 0.254 e. The Labute approximate surface area is 166 Å². The molecule has 0 radical (unpaired) electrons. The summed E-state index contributed by atoms with van der Waals surface area (Å²) in [6, 6.07) is 10.4. The van der Waals surface area contributed by atoms with Gasteiger partial charge in [0.15, 0.2) is 0 Å². The van der Waals surface area contributed by atoms with Crippen LogP contribution >= 0.6 is 0 Å². The second-order valence-electron chi connectivity index (χ2n) is 7.59. The van der Waals surface area contributed by atoms with Crippen LogP contribution in [0.15, 0.2) is 36.5 Å². The minimum atomic E-state index is -0.334. The highest BCUT2D eigenvalue weighted by Gasteiger charge is 2.24. The third kappa shape index (κ3) is 3.97. The molecule has 2 fully saturated rings. The van der Waals surface area contributed by atoms with E-state index in [2.05, 4.69) is 52.1 Å². The molecule has 4 rings (SSSR count). The number of piperazine rings is 1. The Kier molecular flexibility index (Phi) is 5.48. The molecular formula is C22H28N4O2. The average Bonchev–Trinajstić information content (AvgIpc) is 3.26. The first-order valence-corrected chi connectivity index (χ1v) is 10.1. The van der Waals surface area contributed by atoms with Gasteiger partial charge in [0.1, 0.15) is 11.9 Å². The van der Waals surface area contributed by atoms with E-state index in [1.54, 1.807) is 0 Å². The van der Waals surface area contributed by atoms with Crippen molar-refractivity contribution in [3.63, 3.8) is 0 Å². The number of nitrogens with zero attached hydrogens (tertiary/aromatic N) is 3. The molecule has 0 bridgehead atoms. The number of aromatic nitrogens is 1. The molecule has 1 amide bonds. The maximum atomic E-state index is 12.1. The molecule has 0 aliphatic carbocycles. The number of hydrogen-bond donors (Lipinski definition) is 1. The van der Waals surface area contributed by atoms with Crippen molar-refractivity contribution in [3.8, 4) is 0 Å². The topological polar surface area (TPSA) is 57.7 Å². The number of benzene rings is 1. The van der Waals surface area contributed by atoms with Crippen molar-refractivity contribution in [2.24, 2.45) is 0 Å². The van der Waals surface area contributed by atoms with E-state index >= 15 is 0 Å². The number of hydrogen-bond acceptors (Lipinski definition) is 5. The number of carbonyl (C=O) groups is 1. The number of carbonyl (C=O) groups excluding carboxylic acids is 1. The Morgan fingerprint density at radius 1 is 1.11 bits per heavy atom. The first kappa shape index (κ1) is 18.7. The van der Waals surface area contributed by atoms with Crippen LogP contribution in [-0.4, -0.2) is 49.8 Å². The molecule has 1 unspecified atom stereocenters. The van der Waals surface area contributed by atoms with Gasteiger partial charge in [-0.2, -0.15) is 0 Å². The van der Waals surface area contributed by atoms with Crippen molar-refractivity contribution in [2.75, 3.05) is 47.9 Å². The Morgan fingerprint density at radius 3 is 2.57 bits per heavy atom. The summed E-state index contributed by atoms with van der Waals surface area (Å²) in [6.45, 7) is 8.92. The highest BCUT2D eigenvalue weighted by atomic mass is 16.5. The lowest BCUT2D eigenvalue weighted by Gasteiger charge is -2.38. The molecule has 1 aromatic heterocycles. The molecule has 0 spiro atoms. The fourth-order valence-electron chi connectivity index (χ4n) is 3.92. The summed E-state index contributed by atoms with van der Waals surface area (Å²) in [7, 11) is 0. The van der Waals surface area contributed by atoms with Crippen LogP contribution < -0.4 is 15.1 Å². The van der Waals surface area contributed by atoms with Gasteiger partial charge in [0.2, 0.25) is 0 Å². The van der Waals surface area contributed by atoms with Crippen molar-refractivity contribution < 1.29 is 9.53 Å². The van der Waals surface area contributed by atoms with E-state index in [9.17, 15) is 4.79 Å². The van der Waals surface area contributed by atoms with Crippen LogP contribution in [0.4, 0.5) is 17.2 Å². The molecule has 2 aliphatic rings. The number of nitrogens with one attached hydrogen (secondary N) is 1. The van der Waals surface area contributed by atoms with Gasteiger partial charge in [0.25, 0.3) is 5.91 Å². The monoisotopic (exact) mass is 380 g/mol. The standard InChI is InChI=1S/C22H28N4O2/c1-16-5-3-6-19(17(16)2)26-12-10-25(11-13-26)18-8-9-21(23-15-18)24-22(27)20-7-4-14-28-20/h3,5-6,8-9,15,20H,4,7,10-14H2,1-2H3,(H,23,24,27). The number of aryl methyl sites for hydroxylation is 1. The SMILES string of the molecule is Cc1cccc(N2CCN(c3ccc(NC(=O)C4CCCO4)nc3)CC2)c1C. The second-order valence-corrected chi connectivity index (χ2v) is 7.59. The zero-order chi connectivity index (χ0) is 19.5. The first-order valence-electron chi connectivity index (χ1n) is 10.1. The Balaban J connectivity index is 1.34. The lowest BCUT2D eigenvalue weighted by atomic mass is 10.1. The van der Waals surface area contributed by atoms with E-state index in [0.29, 0.717) is 12.4 Å². The van der Waals surface area contributed by atoms with Crippen LogP contribution in [0.2, 0.25) is 0 Å². The van der Waals surface area contributed by atoms with Gasteiger partial charge in [-0.3, -0.25) is 4.79 Å². The molecule has 28 heavy (non-hydrogen) atoms. The maximum Gasteiger partial charge on any atom is 0.254 e. The predicted octanol–water partition coefficient (Wildman–Crippen LogP) is 3.14. The van der Waals surface area contributed by atoms with Crippen LogP contribution in [-0.2, 0) is 9.53 Å². The highest BCUT2D eigenvalue weighted by molar-refractivity contribution is 5.93. The van der Waals surface area contributed by atoms with Crippen molar-refractivity contribution in [3.05, 3.63) is 47.7 Å². The van der Waals surface area contributed by atoms with Gasteiger partial charge in [0, 0.05) is 38.5 Å². The highest BCUT2D eigenvalue weighted by Crippen LogP contribution is 2.25. The first-order chi connectivity index (χ1) is 13.6. The Bertz CT molecular complexity index is 823. The Hall–Kier alpha value is -2.60. The summed E-state index contributed by atoms with van der Waals surface area (Å²) in [4.78, 5) is 21.4. The molecule has 1 atom stereocenters. The summed E-state index contributed by atoms with van der Waals surface area (Å²) in [5.41, 5.74) is 5.13. The predicted molar refractivity (Wildman–Crippen MR) is 112 cm³/mol. The molecule has 2 aliphatic heterocycles. The molecule has 6 nitrogen and oxygen atoms in total. The van der Waals surface area contributed by atoms with Crippen molar-refractivity contribution >= 4 is 23.1 Å². The van der Waals surface area contributed by atoms with Gasteiger partial charge < -0.3 is 19.9 Å². The molecule has 3 heterocycles. The number of pyridine rings is 1. The molecule has 6 heteroatoms. The van der Waals surface area contributed by atoms with Gasteiger partial charge in [-0.05, 0) is 56.0 Å². The third-order valence-corrected chi connectivity index (χ3v) is 5.78. The summed E-state index contributed by atoms with van der Waals surface area (Å²) in [5, 5.41) is 2.85. The zero-order valence-corrected chi connectivity index (χ0v) is 16.6. The summed E-state index contributed by atoms with van der Waals surface area (Å²) >= 11 is 0. The van der Waals surface area contributed by atoms with Crippen LogP contribution in [0.25, 0.3) is 0 Å². The molecule has 0 saturated carbocycles. The van der Waals surface area contributed by atoms with Gasteiger partial charge >= 0.3 is 0 Å². The molecule has 2 aromatic rings. The summed E-state index contributed by atoms with van der Waals surface area (Å²) < 4.78 is 5.42. The number of amides is 1. The molecular weight excluding hydrogens is 352 g/mol. The number of anilines is 3. The lowest BCUT2D eigenvalue weighted by molar-refractivity contribution is -0.124. The minimum absolute atomic E-state index is 0.0973. The Morgan fingerprint density at radius 2 is 1.89 bits per heavy atom. The van der Waals surface area contributed by atoms with E-state index in [1.807, 2.05) is 18.3 Å². The van der Waals surface area contributed by atoms with Crippen LogP contribution in [0, 0.1) is 13.8 Å². The van der Waals surface area contributed by atoms with E-state index in [1.165, 1.54) is 16.8 Å². The minimum Gasteiger partial charge on any atom is -0.368 e. The maximum absolute atomic E-state index is 12.1. The molecule has 2 saturated heterocycles. The number of rotatable bonds is 4. The van der Waals surface area contributed by atoms with Crippen LogP contribution in [0.5, 0.6) is 0 Å². The van der Waals surface area contributed by atoms with E-state index < -0.39 is 0 Å². The van der Waals surface area contributed by atoms with Crippen LogP contribution in [0.1, 0.15) is 24.0 Å². The van der Waals surface area contributed by atoms with Gasteiger partial charge in [-0.1, -0.05) is 12.1 Å². The van der Waals surface area contributed by atoms with E-state index in [-0.39, 0.29) is 12.0 Å².